The fourth-order valence-electron chi connectivity index (χ4n) is 3.94. The van der Waals surface area contributed by atoms with E-state index in [0.29, 0.717) is 25.0 Å². The maximum atomic E-state index is 8.88. The Balaban J connectivity index is 1.58. The van der Waals surface area contributed by atoms with Crippen LogP contribution < -0.4 is 9.47 Å². The molecule has 0 aromatic heterocycles. The number of ether oxygens (including phenoxy) is 2. The third-order valence-corrected chi connectivity index (χ3v) is 5.69. The van der Waals surface area contributed by atoms with Crippen LogP contribution >= 0.6 is 0 Å². The van der Waals surface area contributed by atoms with E-state index in [0.717, 1.165) is 24.3 Å². The third-order valence-electron chi connectivity index (χ3n) is 5.69. The molecule has 32 heavy (non-hydrogen) atoms. The Bertz CT molecular complexity index is 860. The molecule has 0 amide bonds. The summed E-state index contributed by atoms with van der Waals surface area (Å²) in [6.07, 6.45) is 1.96. The highest BCUT2D eigenvalue weighted by molar-refractivity contribution is 5.33. The predicted octanol–water partition coefficient (Wildman–Crippen LogP) is 5.12. The van der Waals surface area contributed by atoms with Crippen molar-refractivity contribution in [3.63, 3.8) is 0 Å². The van der Waals surface area contributed by atoms with E-state index in [1.807, 2.05) is 24.3 Å². The van der Waals surface area contributed by atoms with E-state index in [1.165, 1.54) is 22.3 Å². The molecule has 4 nitrogen and oxygen atoms in total. The van der Waals surface area contributed by atoms with Crippen molar-refractivity contribution in [1.29, 1.82) is 0 Å². The molecule has 3 aromatic carbocycles. The maximum Gasteiger partial charge on any atom is 0.119 e. The first-order valence-electron chi connectivity index (χ1n) is 11.3. The molecular weight excluding hydrogens is 400 g/mol. The first-order chi connectivity index (χ1) is 15.6. The van der Waals surface area contributed by atoms with Crippen molar-refractivity contribution >= 4 is 0 Å². The quantitative estimate of drug-likeness (QED) is 0.415. The van der Waals surface area contributed by atoms with Gasteiger partial charge >= 0.3 is 0 Å². The zero-order chi connectivity index (χ0) is 22.8. The minimum atomic E-state index is 0.0253. The molecule has 0 bridgehead atoms. The minimum absolute atomic E-state index is 0.0253. The van der Waals surface area contributed by atoms with E-state index < -0.39 is 0 Å². The van der Waals surface area contributed by atoms with Crippen LogP contribution in [0, 0.1) is 0 Å². The second kappa shape index (κ2) is 12.3. The first-order valence-corrected chi connectivity index (χ1v) is 11.3. The van der Waals surface area contributed by atoms with Crippen molar-refractivity contribution in [2.75, 3.05) is 26.4 Å². The smallest absolute Gasteiger partial charge is 0.119 e. The van der Waals surface area contributed by atoms with E-state index in [1.54, 1.807) is 0 Å². The average molecular weight is 435 g/mol. The second-order valence-electron chi connectivity index (χ2n) is 8.31. The summed E-state index contributed by atoms with van der Waals surface area (Å²) in [6.45, 7) is 5.19. The van der Waals surface area contributed by atoms with Gasteiger partial charge in [-0.3, -0.25) is 0 Å². The standard InChI is InChI=1S/C28H34O4/c1-21(25-6-10-27(11-7-25)31-16-14-29)18-23-4-3-5-24(20-23)19-22(2)26-8-12-28(13-9-26)32-17-15-30/h3-13,20-22,29-30H,14-19H2,1-2H3. The van der Waals surface area contributed by atoms with E-state index >= 15 is 0 Å². The van der Waals surface area contributed by atoms with Crippen LogP contribution in [0.15, 0.2) is 72.8 Å². The molecular formula is C28H34O4. The molecule has 0 spiro atoms. The molecule has 0 aliphatic rings. The Labute approximate surface area is 191 Å². The maximum absolute atomic E-state index is 8.88. The minimum Gasteiger partial charge on any atom is -0.491 e. The molecule has 3 rings (SSSR count). The molecule has 0 fully saturated rings. The predicted molar refractivity (Wildman–Crippen MR) is 129 cm³/mol. The number of aliphatic hydroxyl groups is 2. The van der Waals surface area contributed by atoms with Crippen molar-refractivity contribution in [1.82, 2.24) is 0 Å². The highest BCUT2D eigenvalue weighted by atomic mass is 16.5. The summed E-state index contributed by atoms with van der Waals surface area (Å²) in [7, 11) is 0. The molecule has 0 heterocycles. The fourth-order valence-corrected chi connectivity index (χ4v) is 3.94. The highest BCUT2D eigenvalue weighted by Crippen LogP contribution is 2.26. The van der Waals surface area contributed by atoms with Gasteiger partial charge in [-0.1, -0.05) is 62.4 Å². The average Bonchev–Trinajstić information content (AvgIpc) is 2.82. The van der Waals surface area contributed by atoms with Gasteiger partial charge in [0.25, 0.3) is 0 Å². The second-order valence-corrected chi connectivity index (χ2v) is 8.31. The van der Waals surface area contributed by atoms with Gasteiger partial charge in [-0.15, -0.1) is 0 Å². The van der Waals surface area contributed by atoms with Gasteiger partial charge in [0, 0.05) is 0 Å². The molecule has 0 radical (unpaired) electrons. The molecule has 0 aliphatic carbocycles. The third kappa shape index (κ3) is 7.11. The summed E-state index contributed by atoms with van der Waals surface area (Å²) in [5.41, 5.74) is 5.25. The molecule has 2 unspecified atom stereocenters. The molecule has 2 atom stereocenters. The van der Waals surface area contributed by atoms with Crippen molar-refractivity contribution in [3.8, 4) is 11.5 Å². The van der Waals surface area contributed by atoms with Gasteiger partial charge in [0.1, 0.15) is 24.7 Å². The molecule has 170 valence electrons. The lowest BCUT2D eigenvalue weighted by Gasteiger charge is -2.16. The van der Waals surface area contributed by atoms with Crippen molar-refractivity contribution in [2.45, 2.75) is 38.5 Å². The van der Waals surface area contributed by atoms with Gasteiger partial charge in [-0.2, -0.15) is 0 Å². The van der Waals surface area contributed by atoms with E-state index in [9.17, 15) is 0 Å². The van der Waals surface area contributed by atoms with Crippen LogP contribution in [0.5, 0.6) is 11.5 Å². The van der Waals surface area contributed by atoms with Gasteiger partial charge in [-0.05, 0) is 71.2 Å². The monoisotopic (exact) mass is 434 g/mol. The molecule has 4 heteroatoms. The Kier molecular flexibility index (Phi) is 9.14. The Morgan fingerprint density at radius 1 is 0.625 bits per heavy atom. The zero-order valence-electron chi connectivity index (χ0n) is 19.0. The molecule has 2 N–H and O–H groups in total. The summed E-state index contributed by atoms with van der Waals surface area (Å²) in [4.78, 5) is 0. The number of hydrogen-bond donors (Lipinski definition) is 2. The summed E-state index contributed by atoms with van der Waals surface area (Å²) in [6, 6.07) is 25.2. The van der Waals surface area contributed by atoms with Crippen LogP contribution in [0.4, 0.5) is 0 Å². The highest BCUT2D eigenvalue weighted by Gasteiger charge is 2.10. The van der Waals surface area contributed by atoms with Crippen LogP contribution in [0.25, 0.3) is 0 Å². The number of rotatable bonds is 12. The topological polar surface area (TPSA) is 58.9 Å². The Morgan fingerprint density at radius 3 is 1.41 bits per heavy atom. The summed E-state index contributed by atoms with van der Waals surface area (Å²) in [5, 5.41) is 17.8. The van der Waals surface area contributed by atoms with Gasteiger partial charge < -0.3 is 19.7 Å². The number of hydrogen-bond acceptors (Lipinski definition) is 4. The fraction of sp³-hybridized carbons (Fsp3) is 0.357. The van der Waals surface area contributed by atoms with Gasteiger partial charge in [0.2, 0.25) is 0 Å². The van der Waals surface area contributed by atoms with Crippen LogP contribution in [-0.4, -0.2) is 36.6 Å². The molecule has 0 aliphatic heterocycles. The summed E-state index contributed by atoms with van der Waals surface area (Å²) >= 11 is 0. The van der Waals surface area contributed by atoms with Crippen LogP contribution in [-0.2, 0) is 12.8 Å². The number of aliphatic hydroxyl groups excluding tert-OH is 2. The molecule has 0 saturated carbocycles. The lowest BCUT2D eigenvalue weighted by atomic mass is 9.90. The van der Waals surface area contributed by atoms with Crippen molar-refractivity contribution in [2.24, 2.45) is 0 Å². The van der Waals surface area contributed by atoms with Gasteiger partial charge in [-0.25, -0.2) is 0 Å². The number of benzene rings is 3. The van der Waals surface area contributed by atoms with Gasteiger partial charge in [0.05, 0.1) is 13.2 Å². The lowest BCUT2D eigenvalue weighted by Crippen LogP contribution is -2.03. The SMILES string of the molecule is CC(Cc1cccc(CC(C)c2ccc(OCCO)cc2)c1)c1ccc(OCCO)cc1. The van der Waals surface area contributed by atoms with Crippen LogP contribution in [0.1, 0.15) is 47.9 Å². The van der Waals surface area contributed by atoms with E-state index in [4.69, 9.17) is 19.7 Å². The lowest BCUT2D eigenvalue weighted by molar-refractivity contribution is 0.201. The normalized spacial score (nSPS) is 12.9. The largest absolute Gasteiger partial charge is 0.491 e. The van der Waals surface area contributed by atoms with Crippen LogP contribution in [0.3, 0.4) is 0 Å². The van der Waals surface area contributed by atoms with Crippen molar-refractivity contribution in [3.05, 3.63) is 95.1 Å². The van der Waals surface area contributed by atoms with E-state index in [-0.39, 0.29) is 13.2 Å². The summed E-state index contributed by atoms with van der Waals surface area (Å²) < 4.78 is 10.9. The summed E-state index contributed by atoms with van der Waals surface area (Å²) in [5.74, 6) is 2.39. The van der Waals surface area contributed by atoms with Gasteiger partial charge in [0.15, 0.2) is 0 Å². The molecule has 0 saturated heterocycles. The molecule has 3 aromatic rings. The zero-order valence-corrected chi connectivity index (χ0v) is 19.0. The Morgan fingerprint density at radius 2 is 1.03 bits per heavy atom. The van der Waals surface area contributed by atoms with Crippen molar-refractivity contribution < 1.29 is 19.7 Å². The Hall–Kier alpha value is -2.82. The van der Waals surface area contributed by atoms with Crippen LogP contribution in [0.2, 0.25) is 0 Å². The first kappa shape index (κ1) is 23.8. The van der Waals surface area contributed by atoms with E-state index in [2.05, 4.69) is 62.4 Å².